The fourth-order valence-electron chi connectivity index (χ4n) is 8.50. The van der Waals surface area contributed by atoms with Crippen molar-refractivity contribution in [3.8, 4) is 45.3 Å². The largest absolute Gasteiger partial charge is 0.355 e. The van der Waals surface area contributed by atoms with Gasteiger partial charge in [0.1, 0.15) is 0 Å². The Morgan fingerprint density at radius 3 is 1.48 bits per heavy atom. The zero-order chi connectivity index (χ0) is 44.7. The van der Waals surface area contributed by atoms with E-state index in [2.05, 4.69) is 205 Å². The number of nitrogens with one attached hydrogen (secondary N) is 1. The monoisotopic (exact) mass is 852 g/mol. The zero-order valence-corrected chi connectivity index (χ0v) is 37.0. The van der Waals surface area contributed by atoms with E-state index in [0.717, 1.165) is 85.2 Å². The van der Waals surface area contributed by atoms with E-state index in [1.807, 2.05) is 60.7 Å². The molecule has 0 radical (unpaired) electrons. The number of allylic oxidation sites excluding steroid dienone is 5. The first-order chi connectivity index (χ1) is 32.6. The molecule has 318 valence electrons. The molecule has 1 heterocycles. The maximum absolute atomic E-state index is 5.07. The molecule has 1 aliphatic carbocycles. The molecule has 6 heteroatoms. The molecule has 1 N–H and O–H groups in total. The van der Waals surface area contributed by atoms with Crippen LogP contribution in [0.3, 0.4) is 0 Å². The number of para-hydroxylation sites is 3. The molecule has 0 saturated heterocycles. The highest BCUT2D eigenvalue weighted by Crippen LogP contribution is 2.43. The Morgan fingerprint density at radius 1 is 0.379 bits per heavy atom. The van der Waals surface area contributed by atoms with Crippen LogP contribution in [-0.2, 0) is 0 Å². The van der Waals surface area contributed by atoms with Crippen molar-refractivity contribution in [2.45, 2.75) is 20.3 Å². The summed E-state index contributed by atoms with van der Waals surface area (Å²) in [5, 5.41) is 3.92. The third-order valence-corrected chi connectivity index (χ3v) is 12.0. The van der Waals surface area contributed by atoms with Crippen LogP contribution < -0.4 is 15.1 Å². The molecule has 9 aromatic rings. The average molecular weight is 853 g/mol. The summed E-state index contributed by atoms with van der Waals surface area (Å²) in [6.07, 6.45) is 11.5. The number of hydrogen-bond donors (Lipinski definition) is 1. The summed E-state index contributed by atoms with van der Waals surface area (Å²) in [7, 11) is 0. The summed E-state index contributed by atoms with van der Waals surface area (Å²) < 4.78 is 0. The van der Waals surface area contributed by atoms with E-state index < -0.39 is 0 Å². The normalized spacial score (nSPS) is 12.0. The van der Waals surface area contributed by atoms with Crippen molar-refractivity contribution in [1.29, 1.82) is 0 Å². The Balaban J connectivity index is 1.10. The van der Waals surface area contributed by atoms with Gasteiger partial charge in [-0.05, 0) is 115 Å². The zero-order valence-electron chi connectivity index (χ0n) is 37.0. The van der Waals surface area contributed by atoms with Gasteiger partial charge in [0.15, 0.2) is 17.5 Å². The molecule has 0 spiro atoms. The number of rotatable bonds is 12. The lowest BCUT2D eigenvalue weighted by Gasteiger charge is -2.29. The molecule has 0 bridgehead atoms. The third kappa shape index (κ3) is 8.81. The summed E-state index contributed by atoms with van der Waals surface area (Å²) in [6.45, 7) is 4.32. The molecule has 10 rings (SSSR count). The van der Waals surface area contributed by atoms with Crippen LogP contribution in [0.1, 0.15) is 17.5 Å². The van der Waals surface area contributed by atoms with Crippen molar-refractivity contribution in [1.82, 2.24) is 15.0 Å². The molecular formula is C60H48N6. The minimum atomic E-state index is 0.636. The minimum absolute atomic E-state index is 0.636. The Hall–Kier alpha value is -8.61. The van der Waals surface area contributed by atoms with Crippen LogP contribution in [-0.4, -0.2) is 15.0 Å². The van der Waals surface area contributed by atoms with E-state index in [9.17, 15) is 0 Å². The first kappa shape index (κ1) is 41.4. The summed E-state index contributed by atoms with van der Waals surface area (Å²) in [6, 6.07) is 71.9. The minimum Gasteiger partial charge on any atom is -0.355 e. The SMILES string of the molecule is Cc1c(Nc2ccc(N(c3ccccc3)c3ccccc3)cc2-c2cccc(N(C3=CC=CC=CC3)c3ccccc3)c2)ccc(-c2nc(-c3ccccc3)nc(-c3ccccc3)n2)c1C. The van der Waals surface area contributed by atoms with Gasteiger partial charge < -0.3 is 15.1 Å². The number of nitrogens with zero attached hydrogens (tertiary/aromatic N) is 5. The molecule has 0 saturated carbocycles. The van der Waals surface area contributed by atoms with Crippen molar-refractivity contribution >= 4 is 39.8 Å². The van der Waals surface area contributed by atoms with Crippen LogP contribution in [0, 0.1) is 13.8 Å². The van der Waals surface area contributed by atoms with E-state index in [1.54, 1.807) is 0 Å². The molecule has 0 fully saturated rings. The van der Waals surface area contributed by atoms with Crippen LogP contribution in [0.5, 0.6) is 0 Å². The van der Waals surface area contributed by atoms with E-state index >= 15 is 0 Å². The Bertz CT molecular complexity index is 3100. The van der Waals surface area contributed by atoms with Crippen molar-refractivity contribution in [2.75, 3.05) is 15.1 Å². The van der Waals surface area contributed by atoms with Crippen molar-refractivity contribution < 1.29 is 0 Å². The highest BCUT2D eigenvalue weighted by atomic mass is 15.2. The van der Waals surface area contributed by atoms with Gasteiger partial charge in [-0.1, -0.05) is 152 Å². The molecule has 8 aromatic carbocycles. The predicted octanol–water partition coefficient (Wildman–Crippen LogP) is 15.9. The smallest absolute Gasteiger partial charge is 0.164 e. The topological polar surface area (TPSA) is 57.2 Å². The van der Waals surface area contributed by atoms with E-state index in [0.29, 0.717) is 17.5 Å². The highest BCUT2D eigenvalue weighted by molar-refractivity contribution is 5.90. The molecular weight excluding hydrogens is 805 g/mol. The number of anilines is 7. The standard InChI is InChI=1S/C60H48N6/c1-43-44(2)56(40-38-54(43)60-63-58(45-23-10-5-11-24-45)62-59(64-60)46-25-12-6-13-26-46)61-57-39-37-53(66(50-32-18-8-19-33-50)51-34-20-9-21-35-51)42-55(57)47-27-22-36-52(41-47)65(49-30-16-7-17-31-49)48-28-14-3-4-15-29-48/h3-28,30-42,61H,29H2,1-2H3. The van der Waals surface area contributed by atoms with Crippen molar-refractivity contribution in [3.05, 3.63) is 253 Å². The lowest BCUT2D eigenvalue weighted by Crippen LogP contribution is -2.16. The first-order valence-electron chi connectivity index (χ1n) is 22.3. The maximum atomic E-state index is 5.07. The van der Waals surface area contributed by atoms with Gasteiger partial charge in [-0.15, -0.1) is 0 Å². The van der Waals surface area contributed by atoms with Gasteiger partial charge in [-0.25, -0.2) is 15.0 Å². The molecule has 1 aromatic heterocycles. The number of hydrogen-bond acceptors (Lipinski definition) is 6. The Morgan fingerprint density at radius 2 is 0.879 bits per heavy atom. The Labute approximate surface area is 387 Å². The lowest BCUT2D eigenvalue weighted by atomic mass is 9.98. The van der Waals surface area contributed by atoms with Gasteiger partial charge in [0.25, 0.3) is 0 Å². The third-order valence-electron chi connectivity index (χ3n) is 12.0. The summed E-state index contributed by atoms with van der Waals surface area (Å²) in [4.78, 5) is 19.7. The molecule has 0 aliphatic heterocycles. The van der Waals surface area contributed by atoms with Crippen molar-refractivity contribution in [3.63, 3.8) is 0 Å². The molecule has 6 nitrogen and oxygen atoms in total. The van der Waals surface area contributed by atoms with Crippen molar-refractivity contribution in [2.24, 2.45) is 0 Å². The fourth-order valence-corrected chi connectivity index (χ4v) is 8.50. The van der Waals surface area contributed by atoms with Gasteiger partial charge in [-0.3, -0.25) is 0 Å². The quantitative estimate of drug-likeness (QED) is 0.132. The van der Waals surface area contributed by atoms with Crippen LogP contribution in [0.2, 0.25) is 0 Å². The summed E-state index contributed by atoms with van der Waals surface area (Å²) in [5.41, 5.74) is 15.7. The van der Waals surface area contributed by atoms with Gasteiger partial charge in [0.05, 0.1) is 0 Å². The van der Waals surface area contributed by atoms with Gasteiger partial charge in [-0.2, -0.15) is 0 Å². The van der Waals surface area contributed by atoms with E-state index in [1.165, 1.54) is 5.70 Å². The predicted molar refractivity (Wildman–Crippen MR) is 275 cm³/mol. The molecule has 1 aliphatic rings. The van der Waals surface area contributed by atoms with E-state index in [-0.39, 0.29) is 0 Å². The highest BCUT2D eigenvalue weighted by Gasteiger charge is 2.21. The van der Waals surface area contributed by atoms with Crippen LogP contribution in [0.4, 0.5) is 39.8 Å². The summed E-state index contributed by atoms with van der Waals surface area (Å²) >= 11 is 0. The Kier molecular flexibility index (Phi) is 11.9. The molecule has 0 unspecified atom stereocenters. The first-order valence-corrected chi connectivity index (χ1v) is 22.3. The second kappa shape index (κ2) is 19.0. The number of aromatic nitrogens is 3. The molecule has 66 heavy (non-hydrogen) atoms. The second-order valence-electron chi connectivity index (χ2n) is 16.2. The molecule has 0 amide bonds. The van der Waals surface area contributed by atoms with Crippen LogP contribution in [0.25, 0.3) is 45.3 Å². The second-order valence-corrected chi connectivity index (χ2v) is 16.2. The van der Waals surface area contributed by atoms with E-state index in [4.69, 9.17) is 15.0 Å². The average Bonchev–Trinajstić information content (AvgIpc) is 3.67. The summed E-state index contributed by atoms with van der Waals surface area (Å²) in [5.74, 6) is 1.91. The van der Waals surface area contributed by atoms with Gasteiger partial charge in [0.2, 0.25) is 0 Å². The van der Waals surface area contributed by atoms with Crippen LogP contribution >= 0.6 is 0 Å². The van der Waals surface area contributed by atoms with Crippen LogP contribution in [0.15, 0.2) is 242 Å². The van der Waals surface area contributed by atoms with Gasteiger partial charge >= 0.3 is 0 Å². The fraction of sp³-hybridized carbons (Fsp3) is 0.0500. The lowest BCUT2D eigenvalue weighted by molar-refractivity contribution is 1.07. The van der Waals surface area contributed by atoms with Gasteiger partial charge in [0, 0.05) is 74.2 Å². The maximum Gasteiger partial charge on any atom is 0.164 e. The number of benzene rings is 8. The molecule has 0 atom stereocenters.